The molecule has 1 aromatic carbocycles. The van der Waals surface area contributed by atoms with Crippen LogP contribution in [0.3, 0.4) is 0 Å². The van der Waals surface area contributed by atoms with Gasteiger partial charge < -0.3 is 4.90 Å². The molecule has 1 amide bonds. The summed E-state index contributed by atoms with van der Waals surface area (Å²) in [6, 6.07) is 8.14. The number of rotatable bonds is 5. The Balaban J connectivity index is 1.70. The molecule has 128 valence electrons. The Kier molecular flexibility index (Phi) is 5.66. The second kappa shape index (κ2) is 8.12. The number of thioether (sulfide) groups is 1. The first-order chi connectivity index (χ1) is 12.2. The summed E-state index contributed by atoms with van der Waals surface area (Å²) < 4.78 is 0. The SMILES string of the molecule is C=Cc1nc(SCC(=O)N2CCCc3ccccc32)cnc1/C=C\C. The summed E-state index contributed by atoms with van der Waals surface area (Å²) in [5, 5.41) is 0.738. The van der Waals surface area contributed by atoms with Crippen molar-refractivity contribution in [2.75, 3.05) is 17.2 Å². The van der Waals surface area contributed by atoms with Crippen molar-refractivity contribution in [2.24, 2.45) is 0 Å². The molecule has 1 aliphatic rings. The fourth-order valence-electron chi connectivity index (χ4n) is 2.91. The summed E-state index contributed by atoms with van der Waals surface area (Å²) in [7, 11) is 0. The average Bonchev–Trinajstić information content (AvgIpc) is 2.66. The van der Waals surface area contributed by atoms with Gasteiger partial charge in [0.1, 0.15) is 5.03 Å². The van der Waals surface area contributed by atoms with E-state index in [1.54, 1.807) is 12.3 Å². The van der Waals surface area contributed by atoms with E-state index in [2.05, 4.69) is 22.6 Å². The Morgan fingerprint density at radius 3 is 3.00 bits per heavy atom. The minimum atomic E-state index is 0.108. The summed E-state index contributed by atoms with van der Waals surface area (Å²) in [6.45, 7) is 6.50. The molecule has 25 heavy (non-hydrogen) atoms. The number of benzene rings is 1. The number of aromatic nitrogens is 2. The van der Waals surface area contributed by atoms with Gasteiger partial charge in [-0.1, -0.05) is 42.6 Å². The van der Waals surface area contributed by atoms with Gasteiger partial charge in [0, 0.05) is 12.2 Å². The fraction of sp³-hybridized carbons (Fsp3) is 0.250. The predicted molar refractivity (Wildman–Crippen MR) is 105 cm³/mol. The van der Waals surface area contributed by atoms with Crippen LogP contribution in [0.25, 0.3) is 12.2 Å². The number of fused-ring (bicyclic) bond motifs is 1. The van der Waals surface area contributed by atoms with E-state index in [4.69, 9.17) is 0 Å². The van der Waals surface area contributed by atoms with Gasteiger partial charge in [-0.2, -0.15) is 0 Å². The number of amides is 1. The lowest BCUT2D eigenvalue weighted by atomic mass is 10.0. The third-order valence-corrected chi connectivity index (χ3v) is 4.96. The highest BCUT2D eigenvalue weighted by Gasteiger charge is 2.22. The molecule has 0 unspecified atom stereocenters. The van der Waals surface area contributed by atoms with E-state index in [1.807, 2.05) is 42.2 Å². The van der Waals surface area contributed by atoms with Crippen LogP contribution in [0.15, 0.2) is 48.1 Å². The number of allylic oxidation sites excluding steroid dienone is 1. The quantitative estimate of drug-likeness (QED) is 0.757. The van der Waals surface area contributed by atoms with Crippen molar-refractivity contribution in [2.45, 2.75) is 24.8 Å². The number of aryl methyl sites for hydroxylation is 1. The summed E-state index contributed by atoms with van der Waals surface area (Å²) >= 11 is 1.42. The van der Waals surface area contributed by atoms with E-state index >= 15 is 0 Å². The zero-order chi connectivity index (χ0) is 17.6. The lowest BCUT2D eigenvalue weighted by molar-refractivity contribution is -0.116. The van der Waals surface area contributed by atoms with Gasteiger partial charge in [0.05, 0.1) is 23.3 Å². The zero-order valence-corrected chi connectivity index (χ0v) is 15.1. The molecule has 1 aliphatic heterocycles. The third-order valence-electron chi connectivity index (χ3n) is 4.08. The minimum absolute atomic E-state index is 0.108. The van der Waals surface area contributed by atoms with Crippen molar-refractivity contribution in [1.82, 2.24) is 9.97 Å². The van der Waals surface area contributed by atoms with Crippen LogP contribution in [0.1, 0.15) is 30.3 Å². The van der Waals surface area contributed by atoms with Gasteiger partial charge in [0.15, 0.2) is 0 Å². The summed E-state index contributed by atoms with van der Waals surface area (Å²) in [6.07, 6.45) is 9.26. The number of anilines is 1. The zero-order valence-electron chi connectivity index (χ0n) is 14.3. The number of carbonyl (C=O) groups excluding carboxylic acids is 1. The van der Waals surface area contributed by atoms with Gasteiger partial charge in [0.25, 0.3) is 0 Å². The molecule has 2 aromatic rings. The molecule has 0 N–H and O–H groups in total. The van der Waals surface area contributed by atoms with E-state index < -0.39 is 0 Å². The minimum Gasteiger partial charge on any atom is -0.311 e. The standard InChI is InChI=1S/C20H21N3OS/c1-3-8-17-16(4-2)22-19(13-21-17)25-14-20(24)23-12-7-10-15-9-5-6-11-18(15)23/h3-6,8-9,11,13H,2,7,10,12,14H2,1H3/b8-3-. The van der Waals surface area contributed by atoms with Crippen LogP contribution in [-0.2, 0) is 11.2 Å². The summed E-state index contributed by atoms with van der Waals surface area (Å²) in [4.78, 5) is 23.5. The first-order valence-electron chi connectivity index (χ1n) is 8.36. The maximum absolute atomic E-state index is 12.7. The molecule has 0 radical (unpaired) electrons. The summed E-state index contributed by atoms with van der Waals surface area (Å²) in [5.74, 6) is 0.458. The highest BCUT2D eigenvalue weighted by Crippen LogP contribution is 2.28. The van der Waals surface area contributed by atoms with Gasteiger partial charge in [-0.05, 0) is 43.5 Å². The van der Waals surface area contributed by atoms with Crippen molar-refractivity contribution in [1.29, 1.82) is 0 Å². The molecule has 0 bridgehead atoms. The average molecular weight is 351 g/mol. The fourth-order valence-corrected chi connectivity index (χ4v) is 3.63. The molecule has 2 heterocycles. The Morgan fingerprint density at radius 2 is 2.20 bits per heavy atom. The number of hydrogen-bond donors (Lipinski definition) is 0. The smallest absolute Gasteiger partial charge is 0.237 e. The van der Waals surface area contributed by atoms with Crippen molar-refractivity contribution in [3.05, 3.63) is 60.1 Å². The van der Waals surface area contributed by atoms with E-state index in [1.165, 1.54) is 17.3 Å². The van der Waals surface area contributed by atoms with Crippen LogP contribution in [0.4, 0.5) is 5.69 Å². The van der Waals surface area contributed by atoms with Crippen molar-refractivity contribution in [3.8, 4) is 0 Å². The van der Waals surface area contributed by atoms with E-state index in [0.717, 1.165) is 41.5 Å². The maximum Gasteiger partial charge on any atom is 0.237 e. The lowest BCUT2D eigenvalue weighted by Crippen LogP contribution is -2.36. The largest absolute Gasteiger partial charge is 0.311 e. The Hall–Kier alpha value is -2.40. The maximum atomic E-state index is 12.7. The van der Waals surface area contributed by atoms with Gasteiger partial charge in [0.2, 0.25) is 5.91 Å². The highest BCUT2D eigenvalue weighted by atomic mass is 32.2. The van der Waals surface area contributed by atoms with Gasteiger partial charge >= 0.3 is 0 Å². The van der Waals surface area contributed by atoms with Crippen LogP contribution in [0.5, 0.6) is 0 Å². The molecule has 1 aromatic heterocycles. The first-order valence-corrected chi connectivity index (χ1v) is 9.34. The van der Waals surface area contributed by atoms with Gasteiger partial charge in [-0.15, -0.1) is 0 Å². The molecule has 0 saturated carbocycles. The van der Waals surface area contributed by atoms with E-state index in [9.17, 15) is 4.79 Å². The number of carbonyl (C=O) groups is 1. The normalized spacial score (nSPS) is 13.7. The molecular weight excluding hydrogens is 330 g/mol. The van der Waals surface area contributed by atoms with Crippen molar-refractivity contribution < 1.29 is 4.79 Å². The van der Waals surface area contributed by atoms with Crippen LogP contribution in [0, 0.1) is 0 Å². The highest BCUT2D eigenvalue weighted by molar-refractivity contribution is 7.99. The lowest BCUT2D eigenvalue weighted by Gasteiger charge is -2.29. The van der Waals surface area contributed by atoms with Crippen LogP contribution in [0.2, 0.25) is 0 Å². The molecule has 0 spiro atoms. The Morgan fingerprint density at radius 1 is 1.36 bits per heavy atom. The predicted octanol–water partition coefficient (Wildman–Crippen LogP) is 4.22. The van der Waals surface area contributed by atoms with Gasteiger partial charge in [-0.25, -0.2) is 4.98 Å². The monoisotopic (exact) mass is 351 g/mol. The molecule has 0 aliphatic carbocycles. The number of para-hydroxylation sites is 1. The molecule has 5 heteroatoms. The molecule has 4 nitrogen and oxygen atoms in total. The van der Waals surface area contributed by atoms with Crippen molar-refractivity contribution >= 4 is 35.5 Å². The number of hydrogen-bond acceptors (Lipinski definition) is 4. The first kappa shape index (κ1) is 17.4. The summed E-state index contributed by atoms with van der Waals surface area (Å²) in [5.41, 5.74) is 3.81. The molecule has 0 fully saturated rings. The van der Waals surface area contributed by atoms with E-state index in [-0.39, 0.29) is 5.91 Å². The molecular formula is C20H21N3OS. The molecule has 0 saturated heterocycles. The van der Waals surface area contributed by atoms with Crippen LogP contribution < -0.4 is 4.90 Å². The molecule has 0 atom stereocenters. The number of nitrogens with zero attached hydrogens (tertiary/aromatic N) is 3. The second-order valence-corrected chi connectivity index (χ2v) is 6.74. The van der Waals surface area contributed by atoms with Crippen LogP contribution >= 0.6 is 11.8 Å². The van der Waals surface area contributed by atoms with Gasteiger partial charge in [-0.3, -0.25) is 9.78 Å². The van der Waals surface area contributed by atoms with Crippen molar-refractivity contribution in [3.63, 3.8) is 0 Å². The Labute approximate surface area is 152 Å². The topological polar surface area (TPSA) is 46.1 Å². The Bertz CT molecular complexity index is 816. The van der Waals surface area contributed by atoms with Crippen LogP contribution in [-0.4, -0.2) is 28.2 Å². The molecule has 3 rings (SSSR count). The third kappa shape index (κ3) is 3.99. The second-order valence-electron chi connectivity index (χ2n) is 5.75. The van der Waals surface area contributed by atoms with E-state index in [0.29, 0.717) is 5.75 Å².